The summed E-state index contributed by atoms with van der Waals surface area (Å²) in [5.41, 5.74) is 1.35. The SMILES string of the molecule is CN[C@H](C)[C@H](OC(=O)c1ccc(O)cc1)c1ccccc1. The lowest BCUT2D eigenvalue weighted by Crippen LogP contribution is -2.32. The lowest BCUT2D eigenvalue weighted by Gasteiger charge is -2.24. The highest BCUT2D eigenvalue weighted by Gasteiger charge is 2.23. The molecule has 2 N–H and O–H groups in total. The number of aromatic hydroxyl groups is 1. The molecule has 4 heteroatoms. The molecular weight excluding hydrogens is 266 g/mol. The van der Waals surface area contributed by atoms with E-state index < -0.39 is 5.97 Å². The molecule has 0 bridgehead atoms. The van der Waals surface area contributed by atoms with Gasteiger partial charge in [-0.2, -0.15) is 0 Å². The van der Waals surface area contributed by atoms with E-state index in [0.717, 1.165) is 5.56 Å². The molecule has 0 saturated heterocycles. The summed E-state index contributed by atoms with van der Waals surface area (Å²) in [4.78, 5) is 12.2. The maximum absolute atomic E-state index is 12.2. The molecule has 0 saturated carbocycles. The first-order valence-corrected chi connectivity index (χ1v) is 6.84. The Morgan fingerprint density at radius 1 is 1.10 bits per heavy atom. The largest absolute Gasteiger partial charge is 0.508 e. The molecule has 0 aromatic heterocycles. The zero-order valence-electron chi connectivity index (χ0n) is 12.1. The average molecular weight is 285 g/mol. The third-order valence-electron chi connectivity index (χ3n) is 3.37. The summed E-state index contributed by atoms with van der Waals surface area (Å²) < 4.78 is 5.63. The van der Waals surface area contributed by atoms with Gasteiger partial charge in [-0.25, -0.2) is 4.79 Å². The number of carbonyl (C=O) groups is 1. The van der Waals surface area contributed by atoms with Gasteiger partial charge >= 0.3 is 5.97 Å². The molecule has 4 nitrogen and oxygen atoms in total. The molecule has 110 valence electrons. The maximum atomic E-state index is 12.2. The summed E-state index contributed by atoms with van der Waals surface area (Å²) >= 11 is 0. The van der Waals surface area contributed by atoms with E-state index in [9.17, 15) is 9.90 Å². The van der Waals surface area contributed by atoms with Crippen LogP contribution in [0.3, 0.4) is 0 Å². The van der Waals surface area contributed by atoms with Crippen LogP contribution in [0.1, 0.15) is 28.9 Å². The van der Waals surface area contributed by atoms with Crippen molar-refractivity contribution in [1.29, 1.82) is 0 Å². The van der Waals surface area contributed by atoms with Crippen molar-refractivity contribution in [3.05, 3.63) is 65.7 Å². The van der Waals surface area contributed by atoms with E-state index in [1.807, 2.05) is 44.3 Å². The molecule has 2 aromatic carbocycles. The Labute approximate surface area is 124 Å². The van der Waals surface area contributed by atoms with Crippen LogP contribution < -0.4 is 5.32 Å². The Morgan fingerprint density at radius 2 is 1.71 bits per heavy atom. The Balaban J connectivity index is 2.19. The van der Waals surface area contributed by atoms with Crippen LogP contribution in [0, 0.1) is 0 Å². The Kier molecular flexibility index (Phi) is 4.95. The molecule has 2 aromatic rings. The van der Waals surface area contributed by atoms with Crippen molar-refractivity contribution in [2.24, 2.45) is 0 Å². The fourth-order valence-corrected chi connectivity index (χ4v) is 2.03. The number of hydrogen-bond donors (Lipinski definition) is 2. The van der Waals surface area contributed by atoms with Crippen molar-refractivity contribution in [3.63, 3.8) is 0 Å². The fourth-order valence-electron chi connectivity index (χ4n) is 2.03. The fraction of sp³-hybridized carbons (Fsp3) is 0.235. The summed E-state index contributed by atoms with van der Waals surface area (Å²) in [5.74, 6) is -0.291. The van der Waals surface area contributed by atoms with E-state index in [-0.39, 0.29) is 17.9 Å². The number of phenolic OH excluding ortho intramolecular Hbond substituents is 1. The van der Waals surface area contributed by atoms with Crippen LogP contribution >= 0.6 is 0 Å². The second kappa shape index (κ2) is 6.90. The number of phenols is 1. The van der Waals surface area contributed by atoms with Crippen molar-refractivity contribution >= 4 is 5.97 Å². The Bertz CT molecular complexity index is 581. The van der Waals surface area contributed by atoms with Crippen molar-refractivity contribution < 1.29 is 14.6 Å². The summed E-state index contributed by atoms with van der Waals surface area (Å²) in [6.07, 6.45) is -0.377. The van der Waals surface area contributed by atoms with Gasteiger partial charge in [-0.05, 0) is 43.8 Å². The summed E-state index contributed by atoms with van der Waals surface area (Å²) in [6, 6.07) is 15.6. The van der Waals surface area contributed by atoms with Crippen molar-refractivity contribution in [2.75, 3.05) is 7.05 Å². The highest BCUT2D eigenvalue weighted by Crippen LogP contribution is 2.23. The standard InChI is InChI=1S/C17H19NO3/c1-12(18-2)16(13-6-4-3-5-7-13)21-17(20)14-8-10-15(19)11-9-14/h3-12,16,18-19H,1-2H3/t12-,16+/m1/s1. The Morgan fingerprint density at radius 3 is 2.29 bits per heavy atom. The smallest absolute Gasteiger partial charge is 0.338 e. The molecular formula is C17H19NO3. The lowest BCUT2D eigenvalue weighted by molar-refractivity contribution is 0.0219. The highest BCUT2D eigenvalue weighted by atomic mass is 16.5. The molecule has 0 aliphatic rings. The molecule has 0 aliphatic carbocycles. The number of esters is 1. The van der Waals surface area contributed by atoms with Crippen LogP contribution in [0.2, 0.25) is 0 Å². The predicted octanol–water partition coefficient (Wildman–Crippen LogP) is 2.90. The van der Waals surface area contributed by atoms with Gasteiger partial charge in [-0.1, -0.05) is 30.3 Å². The first kappa shape index (κ1) is 15.1. The minimum absolute atomic E-state index is 0.0199. The first-order valence-electron chi connectivity index (χ1n) is 6.84. The molecule has 0 heterocycles. The normalized spacial score (nSPS) is 13.4. The number of benzene rings is 2. The van der Waals surface area contributed by atoms with Gasteiger partial charge in [0.05, 0.1) is 5.56 Å². The number of ether oxygens (including phenoxy) is 1. The molecule has 0 amide bonds. The van der Waals surface area contributed by atoms with Gasteiger partial charge in [0.25, 0.3) is 0 Å². The minimum Gasteiger partial charge on any atom is -0.508 e. The number of hydrogen-bond acceptors (Lipinski definition) is 4. The van der Waals surface area contributed by atoms with Crippen molar-refractivity contribution in [1.82, 2.24) is 5.32 Å². The van der Waals surface area contributed by atoms with E-state index in [0.29, 0.717) is 5.56 Å². The van der Waals surface area contributed by atoms with Gasteiger partial charge in [0.15, 0.2) is 0 Å². The second-order valence-corrected chi connectivity index (χ2v) is 4.86. The van der Waals surface area contributed by atoms with Crippen LogP contribution in [0.4, 0.5) is 0 Å². The first-order chi connectivity index (χ1) is 10.1. The topological polar surface area (TPSA) is 58.6 Å². The van der Waals surface area contributed by atoms with Crippen LogP contribution in [-0.2, 0) is 4.74 Å². The van der Waals surface area contributed by atoms with Gasteiger partial charge in [-0.15, -0.1) is 0 Å². The monoisotopic (exact) mass is 285 g/mol. The maximum Gasteiger partial charge on any atom is 0.338 e. The zero-order chi connectivity index (χ0) is 15.2. The molecule has 2 atom stereocenters. The third kappa shape index (κ3) is 3.83. The quantitative estimate of drug-likeness (QED) is 0.829. The van der Waals surface area contributed by atoms with Gasteiger partial charge in [-0.3, -0.25) is 0 Å². The number of likely N-dealkylation sites (N-methyl/N-ethyl adjacent to an activating group) is 1. The van der Waals surface area contributed by atoms with Crippen molar-refractivity contribution in [3.8, 4) is 5.75 Å². The molecule has 0 unspecified atom stereocenters. The van der Waals surface area contributed by atoms with Crippen LogP contribution in [0.5, 0.6) is 5.75 Å². The number of carbonyl (C=O) groups excluding carboxylic acids is 1. The molecule has 0 radical (unpaired) electrons. The zero-order valence-corrected chi connectivity index (χ0v) is 12.1. The Hall–Kier alpha value is -2.33. The third-order valence-corrected chi connectivity index (χ3v) is 3.37. The van der Waals surface area contributed by atoms with Gasteiger partial charge in [0, 0.05) is 6.04 Å². The van der Waals surface area contributed by atoms with Crippen LogP contribution in [0.25, 0.3) is 0 Å². The molecule has 0 spiro atoms. The van der Waals surface area contributed by atoms with Gasteiger partial charge in [0.1, 0.15) is 11.9 Å². The molecule has 2 rings (SSSR count). The summed E-state index contributed by atoms with van der Waals surface area (Å²) in [5, 5.41) is 12.4. The second-order valence-electron chi connectivity index (χ2n) is 4.86. The van der Waals surface area contributed by atoms with E-state index in [2.05, 4.69) is 5.32 Å². The number of nitrogens with one attached hydrogen (secondary N) is 1. The average Bonchev–Trinajstić information content (AvgIpc) is 2.53. The van der Waals surface area contributed by atoms with E-state index in [1.165, 1.54) is 12.1 Å². The van der Waals surface area contributed by atoms with Crippen LogP contribution in [-0.4, -0.2) is 24.2 Å². The number of rotatable bonds is 5. The molecule has 21 heavy (non-hydrogen) atoms. The van der Waals surface area contributed by atoms with E-state index in [4.69, 9.17) is 4.74 Å². The van der Waals surface area contributed by atoms with E-state index >= 15 is 0 Å². The van der Waals surface area contributed by atoms with E-state index in [1.54, 1.807) is 12.1 Å². The molecule has 0 aliphatic heterocycles. The van der Waals surface area contributed by atoms with Crippen LogP contribution in [0.15, 0.2) is 54.6 Å². The van der Waals surface area contributed by atoms with Gasteiger partial charge in [0.2, 0.25) is 0 Å². The highest BCUT2D eigenvalue weighted by molar-refractivity contribution is 5.89. The summed E-state index contributed by atoms with van der Waals surface area (Å²) in [6.45, 7) is 1.96. The lowest BCUT2D eigenvalue weighted by atomic mass is 10.0. The van der Waals surface area contributed by atoms with Gasteiger partial charge < -0.3 is 15.2 Å². The molecule has 0 fully saturated rings. The minimum atomic E-state index is -0.411. The predicted molar refractivity (Wildman–Crippen MR) is 81.2 cm³/mol. The summed E-state index contributed by atoms with van der Waals surface area (Å²) in [7, 11) is 1.83. The van der Waals surface area contributed by atoms with Crippen molar-refractivity contribution in [2.45, 2.75) is 19.1 Å².